The van der Waals surface area contributed by atoms with Gasteiger partial charge in [0.15, 0.2) is 0 Å². The number of hydrogen-bond donors (Lipinski definition) is 1. The number of aromatic nitrogens is 1. The first kappa shape index (κ1) is 12.9. The number of fused-ring (bicyclic) bond motifs is 1. The van der Waals surface area contributed by atoms with Crippen LogP contribution < -0.4 is 4.74 Å². The van der Waals surface area contributed by atoms with Crippen LogP contribution in [0.4, 0.5) is 0 Å². The summed E-state index contributed by atoms with van der Waals surface area (Å²) in [5, 5.41) is 9.03. The average Bonchev–Trinajstić information content (AvgIpc) is 2.88. The molecule has 1 aromatic heterocycles. The molecule has 0 atom stereocenters. The predicted octanol–water partition coefficient (Wildman–Crippen LogP) is 3.71. The van der Waals surface area contributed by atoms with Crippen molar-refractivity contribution in [2.45, 2.75) is 19.3 Å². The summed E-state index contributed by atoms with van der Waals surface area (Å²) < 4.78 is 5.62. The van der Waals surface area contributed by atoms with Crippen molar-refractivity contribution in [2.75, 3.05) is 0 Å². The van der Waals surface area contributed by atoms with Crippen molar-refractivity contribution in [3.8, 4) is 11.6 Å². The van der Waals surface area contributed by atoms with Gasteiger partial charge in [-0.1, -0.05) is 17.7 Å². The second-order valence-corrected chi connectivity index (χ2v) is 5.05. The highest BCUT2D eigenvalue weighted by molar-refractivity contribution is 6.34. The van der Waals surface area contributed by atoms with E-state index in [0.29, 0.717) is 5.75 Å². The van der Waals surface area contributed by atoms with Crippen LogP contribution >= 0.6 is 11.6 Å². The van der Waals surface area contributed by atoms with Gasteiger partial charge in [-0.25, -0.2) is 9.78 Å². The fourth-order valence-electron chi connectivity index (χ4n) is 2.38. The Morgan fingerprint density at radius 1 is 1.25 bits per heavy atom. The molecular formula is C15H12ClNO3. The van der Waals surface area contributed by atoms with E-state index >= 15 is 0 Å². The van der Waals surface area contributed by atoms with Gasteiger partial charge in [-0.3, -0.25) is 0 Å². The van der Waals surface area contributed by atoms with Gasteiger partial charge >= 0.3 is 5.97 Å². The number of benzene rings is 1. The van der Waals surface area contributed by atoms with Gasteiger partial charge < -0.3 is 9.84 Å². The summed E-state index contributed by atoms with van der Waals surface area (Å²) in [6, 6.07) is 7.20. The molecule has 4 nitrogen and oxygen atoms in total. The summed E-state index contributed by atoms with van der Waals surface area (Å²) in [6.45, 7) is 0. The molecule has 0 bridgehead atoms. The van der Waals surface area contributed by atoms with Gasteiger partial charge in [0.25, 0.3) is 0 Å². The first-order chi connectivity index (χ1) is 9.65. The summed E-state index contributed by atoms with van der Waals surface area (Å²) in [6.07, 6.45) is 4.68. The molecule has 102 valence electrons. The maximum Gasteiger partial charge on any atom is 0.337 e. The molecule has 1 heterocycles. The average molecular weight is 290 g/mol. The number of carboxylic acids is 1. The zero-order chi connectivity index (χ0) is 14.1. The number of ether oxygens (including phenoxy) is 1. The normalized spacial score (nSPS) is 13.1. The van der Waals surface area contributed by atoms with Crippen molar-refractivity contribution in [2.24, 2.45) is 0 Å². The van der Waals surface area contributed by atoms with E-state index in [1.165, 1.54) is 23.4 Å². The molecule has 3 rings (SSSR count). The molecule has 0 saturated heterocycles. The highest BCUT2D eigenvalue weighted by Gasteiger charge is 2.16. The number of halogens is 1. The topological polar surface area (TPSA) is 59.4 Å². The molecular weight excluding hydrogens is 278 g/mol. The lowest BCUT2D eigenvalue weighted by molar-refractivity contribution is 0.0696. The van der Waals surface area contributed by atoms with Crippen molar-refractivity contribution < 1.29 is 14.6 Å². The fraction of sp³-hybridized carbons (Fsp3) is 0.200. The third-order valence-electron chi connectivity index (χ3n) is 3.37. The van der Waals surface area contributed by atoms with Crippen LogP contribution in [0, 0.1) is 0 Å². The molecule has 0 spiro atoms. The lowest BCUT2D eigenvalue weighted by Gasteiger charge is -2.09. The lowest BCUT2D eigenvalue weighted by Crippen LogP contribution is -2.00. The number of carboxylic acid groups (broad SMARTS) is 1. The van der Waals surface area contributed by atoms with E-state index in [-0.39, 0.29) is 16.5 Å². The van der Waals surface area contributed by atoms with Gasteiger partial charge in [0, 0.05) is 6.20 Å². The van der Waals surface area contributed by atoms with Crippen LogP contribution in [0.5, 0.6) is 11.6 Å². The predicted molar refractivity (Wildman–Crippen MR) is 74.7 cm³/mol. The van der Waals surface area contributed by atoms with E-state index in [0.717, 1.165) is 19.3 Å². The number of aromatic carboxylic acids is 1. The second kappa shape index (κ2) is 5.13. The maximum atomic E-state index is 11.0. The molecule has 1 N–H and O–H groups in total. The summed E-state index contributed by atoms with van der Waals surface area (Å²) in [7, 11) is 0. The molecule has 0 aliphatic heterocycles. The first-order valence-corrected chi connectivity index (χ1v) is 6.70. The molecule has 5 heteroatoms. The fourth-order valence-corrected chi connectivity index (χ4v) is 2.62. The SMILES string of the molecule is O=C(O)c1ccnc(Oc2ccc3c(c2)CCC3)c1Cl. The van der Waals surface area contributed by atoms with Crippen molar-refractivity contribution in [3.05, 3.63) is 52.2 Å². The molecule has 0 unspecified atom stereocenters. The van der Waals surface area contributed by atoms with Crippen molar-refractivity contribution in [1.82, 2.24) is 4.98 Å². The van der Waals surface area contributed by atoms with Crippen LogP contribution in [0.2, 0.25) is 5.02 Å². The van der Waals surface area contributed by atoms with Gasteiger partial charge in [0.05, 0.1) is 5.56 Å². The Morgan fingerprint density at radius 3 is 2.85 bits per heavy atom. The summed E-state index contributed by atoms with van der Waals surface area (Å²) in [5.41, 5.74) is 2.60. The van der Waals surface area contributed by atoms with E-state index < -0.39 is 5.97 Å². The van der Waals surface area contributed by atoms with Gasteiger partial charge in [0.1, 0.15) is 10.8 Å². The third kappa shape index (κ3) is 2.34. The van der Waals surface area contributed by atoms with Gasteiger partial charge in [-0.15, -0.1) is 0 Å². The number of aryl methyl sites for hydroxylation is 2. The van der Waals surface area contributed by atoms with Gasteiger partial charge in [-0.2, -0.15) is 0 Å². The second-order valence-electron chi connectivity index (χ2n) is 4.67. The molecule has 0 saturated carbocycles. The van der Waals surface area contributed by atoms with E-state index in [1.54, 1.807) is 0 Å². The Kier molecular flexibility index (Phi) is 3.32. The summed E-state index contributed by atoms with van der Waals surface area (Å²) in [4.78, 5) is 15.0. The third-order valence-corrected chi connectivity index (χ3v) is 3.74. The van der Waals surface area contributed by atoms with Crippen LogP contribution in [0.25, 0.3) is 0 Å². The van der Waals surface area contributed by atoms with E-state index in [1.807, 2.05) is 18.2 Å². The van der Waals surface area contributed by atoms with Crippen molar-refractivity contribution in [1.29, 1.82) is 0 Å². The standard InChI is InChI=1S/C15H12ClNO3/c16-13-12(15(18)19)6-7-17-14(13)20-11-5-4-9-2-1-3-10(9)8-11/h4-8H,1-3H2,(H,18,19). The molecule has 20 heavy (non-hydrogen) atoms. The number of rotatable bonds is 3. The molecule has 0 amide bonds. The number of pyridine rings is 1. The molecule has 1 aliphatic carbocycles. The van der Waals surface area contributed by atoms with E-state index in [2.05, 4.69) is 4.98 Å². The molecule has 0 radical (unpaired) electrons. The minimum absolute atomic E-state index is 0.0144. The van der Waals surface area contributed by atoms with Crippen LogP contribution in [-0.4, -0.2) is 16.1 Å². The molecule has 1 aromatic carbocycles. The minimum Gasteiger partial charge on any atom is -0.478 e. The van der Waals surface area contributed by atoms with Crippen LogP contribution in [-0.2, 0) is 12.8 Å². The Balaban J connectivity index is 1.92. The smallest absolute Gasteiger partial charge is 0.337 e. The maximum absolute atomic E-state index is 11.0. The summed E-state index contributed by atoms with van der Waals surface area (Å²) >= 11 is 6.00. The Bertz CT molecular complexity index is 685. The Hall–Kier alpha value is -2.07. The van der Waals surface area contributed by atoms with Crippen molar-refractivity contribution in [3.63, 3.8) is 0 Å². The van der Waals surface area contributed by atoms with E-state index in [9.17, 15) is 4.79 Å². The van der Waals surface area contributed by atoms with Gasteiger partial charge in [0.2, 0.25) is 5.88 Å². The molecule has 0 fully saturated rings. The van der Waals surface area contributed by atoms with Crippen LogP contribution in [0.1, 0.15) is 27.9 Å². The number of hydrogen-bond acceptors (Lipinski definition) is 3. The molecule has 1 aliphatic rings. The zero-order valence-electron chi connectivity index (χ0n) is 10.6. The largest absolute Gasteiger partial charge is 0.478 e. The quantitative estimate of drug-likeness (QED) is 0.935. The Morgan fingerprint density at radius 2 is 2.05 bits per heavy atom. The lowest BCUT2D eigenvalue weighted by atomic mass is 10.1. The highest BCUT2D eigenvalue weighted by Crippen LogP contribution is 2.32. The van der Waals surface area contributed by atoms with Crippen LogP contribution in [0.15, 0.2) is 30.5 Å². The van der Waals surface area contributed by atoms with Crippen molar-refractivity contribution >= 4 is 17.6 Å². The minimum atomic E-state index is -1.10. The van der Waals surface area contributed by atoms with E-state index in [4.69, 9.17) is 21.4 Å². The number of nitrogens with zero attached hydrogens (tertiary/aromatic N) is 1. The molecule has 2 aromatic rings. The monoisotopic (exact) mass is 289 g/mol. The van der Waals surface area contributed by atoms with Crippen LogP contribution in [0.3, 0.4) is 0 Å². The highest BCUT2D eigenvalue weighted by atomic mass is 35.5. The zero-order valence-corrected chi connectivity index (χ0v) is 11.4. The Labute approximate surface area is 121 Å². The summed E-state index contributed by atoms with van der Waals surface area (Å²) in [5.74, 6) is -0.358. The number of carbonyl (C=O) groups is 1. The van der Waals surface area contributed by atoms with Gasteiger partial charge in [-0.05, 0) is 48.6 Å². The first-order valence-electron chi connectivity index (χ1n) is 6.32.